The zero-order valence-electron chi connectivity index (χ0n) is 20.2. The predicted octanol–water partition coefficient (Wildman–Crippen LogP) is 6.23. The first-order chi connectivity index (χ1) is 17.0. The second kappa shape index (κ2) is 9.99. The van der Waals surface area contributed by atoms with Gasteiger partial charge in [-0.2, -0.15) is 0 Å². The summed E-state index contributed by atoms with van der Waals surface area (Å²) in [5.41, 5.74) is 3.96. The van der Waals surface area contributed by atoms with E-state index in [4.69, 9.17) is 0 Å². The summed E-state index contributed by atoms with van der Waals surface area (Å²) < 4.78 is 1.46. The van der Waals surface area contributed by atoms with Crippen LogP contribution in [0.5, 0.6) is 0 Å². The fourth-order valence-corrected chi connectivity index (χ4v) is 6.79. The molecular formula is C26H29N5O2S2. The number of carbonyl (C=O) groups is 1. The summed E-state index contributed by atoms with van der Waals surface area (Å²) in [5, 5.41) is 15.5. The van der Waals surface area contributed by atoms with Gasteiger partial charge in [-0.25, -0.2) is 4.98 Å². The molecule has 9 heteroatoms. The summed E-state index contributed by atoms with van der Waals surface area (Å²) >= 11 is 2.90. The van der Waals surface area contributed by atoms with Gasteiger partial charge in [0.1, 0.15) is 15.9 Å². The molecule has 1 fully saturated rings. The highest BCUT2D eigenvalue weighted by atomic mass is 32.1. The lowest BCUT2D eigenvalue weighted by molar-refractivity contribution is -0.119. The molecule has 0 bridgehead atoms. The zero-order valence-corrected chi connectivity index (χ0v) is 21.8. The fourth-order valence-electron chi connectivity index (χ4n) is 4.98. The van der Waals surface area contributed by atoms with Gasteiger partial charge in [-0.3, -0.25) is 19.5 Å². The highest BCUT2D eigenvalue weighted by Gasteiger charge is 2.25. The monoisotopic (exact) mass is 507 g/mol. The molecule has 0 aliphatic heterocycles. The van der Waals surface area contributed by atoms with Crippen molar-refractivity contribution in [3.05, 3.63) is 56.4 Å². The van der Waals surface area contributed by atoms with Crippen molar-refractivity contribution in [3.8, 4) is 11.1 Å². The number of aryl methyl sites for hydroxylation is 2. The van der Waals surface area contributed by atoms with Gasteiger partial charge in [-0.15, -0.1) is 21.5 Å². The second-order valence-corrected chi connectivity index (χ2v) is 11.2. The molecule has 5 rings (SSSR count). The molecule has 0 saturated heterocycles. The number of fused-ring (bicyclic) bond motifs is 1. The third-order valence-electron chi connectivity index (χ3n) is 6.84. The van der Waals surface area contributed by atoms with E-state index in [9.17, 15) is 9.59 Å². The van der Waals surface area contributed by atoms with Crippen LogP contribution in [0.2, 0.25) is 0 Å². The molecule has 4 aromatic rings. The lowest BCUT2D eigenvalue weighted by atomic mass is 9.90. The Bertz CT molecular complexity index is 1430. The van der Waals surface area contributed by atoms with E-state index in [0.29, 0.717) is 27.7 Å². The van der Waals surface area contributed by atoms with E-state index in [1.807, 2.05) is 31.4 Å². The lowest BCUT2D eigenvalue weighted by Gasteiger charge is -2.18. The number of rotatable bonds is 6. The smallest absolute Gasteiger partial charge is 0.263 e. The van der Waals surface area contributed by atoms with Crippen molar-refractivity contribution in [3.63, 3.8) is 0 Å². The van der Waals surface area contributed by atoms with Gasteiger partial charge in [0.15, 0.2) is 0 Å². The van der Waals surface area contributed by atoms with E-state index in [1.54, 1.807) is 0 Å². The van der Waals surface area contributed by atoms with E-state index in [-0.39, 0.29) is 11.5 Å². The van der Waals surface area contributed by atoms with Crippen LogP contribution in [0.25, 0.3) is 21.3 Å². The van der Waals surface area contributed by atoms with Crippen LogP contribution in [-0.4, -0.2) is 25.7 Å². The number of amides is 1. The normalized spacial score (nSPS) is 15.4. The minimum Gasteiger partial charge on any atom is -0.299 e. The van der Waals surface area contributed by atoms with Crippen molar-refractivity contribution in [1.82, 2.24) is 19.7 Å². The molecule has 0 spiro atoms. The zero-order chi connectivity index (χ0) is 24.5. The maximum atomic E-state index is 13.7. The first kappa shape index (κ1) is 23.8. The Labute approximate surface area is 212 Å². The topological polar surface area (TPSA) is 89.8 Å². The molecule has 182 valence electrons. The molecule has 3 aromatic heterocycles. The molecule has 1 atom stereocenters. The summed E-state index contributed by atoms with van der Waals surface area (Å²) in [6.07, 6.45) is 7.92. The highest BCUT2D eigenvalue weighted by Crippen LogP contribution is 2.36. The highest BCUT2D eigenvalue weighted by molar-refractivity contribution is 7.17. The van der Waals surface area contributed by atoms with Gasteiger partial charge in [0.05, 0.1) is 11.7 Å². The largest absolute Gasteiger partial charge is 0.299 e. The standard InChI is InChI=1S/C26H29N5O2S2/c1-4-20(22(32)28-26-30-29-23(35-26)17-8-6-5-7-9-17)31-14-27-24-21(25(31)33)19(13-34-24)18-11-10-15(2)12-16(18)3/h10-14,17,20H,4-9H2,1-3H3,(H,28,30,32). The Morgan fingerprint density at radius 3 is 2.71 bits per heavy atom. The molecular weight excluding hydrogens is 478 g/mol. The Hall–Kier alpha value is -2.91. The second-order valence-electron chi connectivity index (χ2n) is 9.30. The molecule has 1 aromatic carbocycles. The van der Waals surface area contributed by atoms with Gasteiger partial charge in [0.2, 0.25) is 11.0 Å². The quantitative estimate of drug-likeness (QED) is 0.334. The molecule has 3 heterocycles. The third-order valence-corrected chi connectivity index (χ3v) is 8.73. The number of aromatic nitrogens is 4. The van der Waals surface area contributed by atoms with E-state index in [2.05, 4.69) is 33.5 Å². The van der Waals surface area contributed by atoms with Crippen molar-refractivity contribution >= 4 is 43.9 Å². The van der Waals surface area contributed by atoms with Gasteiger partial charge in [0, 0.05) is 16.9 Å². The Kier molecular flexibility index (Phi) is 6.80. The lowest BCUT2D eigenvalue weighted by Crippen LogP contribution is -2.33. The summed E-state index contributed by atoms with van der Waals surface area (Å²) in [4.78, 5) is 32.1. The summed E-state index contributed by atoms with van der Waals surface area (Å²) in [5.74, 6) is 0.163. The average molecular weight is 508 g/mol. The van der Waals surface area contributed by atoms with Crippen LogP contribution in [0.4, 0.5) is 5.13 Å². The first-order valence-electron chi connectivity index (χ1n) is 12.2. The molecule has 7 nitrogen and oxygen atoms in total. The Morgan fingerprint density at radius 1 is 1.17 bits per heavy atom. The Morgan fingerprint density at radius 2 is 1.97 bits per heavy atom. The van der Waals surface area contributed by atoms with Crippen molar-refractivity contribution in [2.75, 3.05) is 5.32 Å². The van der Waals surface area contributed by atoms with Gasteiger partial charge in [-0.05, 0) is 44.2 Å². The number of carbonyl (C=O) groups excluding carboxylic acids is 1. The molecule has 1 unspecified atom stereocenters. The number of nitrogens with one attached hydrogen (secondary N) is 1. The van der Waals surface area contributed by atoms with Crippen molar-refractivity contribution < 1.29 is 4.79 Å². The van der Waals surface area contributed by atoms with Gasteiger partial charge in [-0.1, -0.05) is 61.3 Å². The van der Waals surface area contributed by atoms with Crippen LogP contribution in [0.15, 0.2) is 34.7 Å². The van der Waals surface area contributed by atoms with E-state index >= 15 is 0 Å². The average Bonchev–Trinajstić information content (AvgIpc) is 3.49. The van der Waals surface area contributed by atoms with Gasteiger partial charge in [0.25, 0.3) is 5.56 Å². The minimum atomic E-state index is -0.687. The van der Waals surface area contributed by atoms with Crippen LogP contribution in [0, 0.1) is 13.8 Å². The van der Waals surface area contributed by atoms with Crippen molar-refractivity contribution in [1.29, 1.82) is 0 Å². The van der Waals surface area contributed by atoms with Crippen LogP contribution >= 0.6 is 22.7 Å². The molecule has 1 aliphatic carbocycles. The molecule has 1 N–H and O–H groups in total. The summed E-state index contributed by atoms with van der Waals surface area (Å²) in [6, 6.07) is 5.52. The number of hydrogen-bond donors (Lipinski definition) is 1. The molecule has 1 saturated carbocycles. The Balaban J connectivity index is 1.44. The van der Waals surface area contributed by atoms with Crippen LogP contribution in [0.1, 0.15) is 73.5 Å². The predicted molar refractivity (Wildman–Crippen MR) is 142 cm³/mol. The SMILES string of the molecule is CCC(C(=O)Nc1nnc(C2CCCCC2)s1)n1cnc2scc(-c3ccc(C)cc3C)c2c1=O. The van der Waals surface area contributed by atoms with Crippen LogP contribution < -0.4 is 10.9 Å². The number of nitrogens with zero attached hydrogens (tertiary/aromatic N) is 4. The number of hydrogen-bond acceptors (Lipinski definition) is 7. The number of benzene rings is 1. The van der Waals surface area contributed by atoms with Crippen molar-refractivity contribution in [2.24, 2.45) is 0 Å². The fraction of sp³-hybridized carbons (Fsp3) is 0.423. The first-order valence-corrected chi connectivity index (χ1v) is 13.9. The minimum absolute atomic E-state index is 0.201. The van der Waals surface area contributed by atoms with E-state index < -0.39 is 6.04 Å². The molecule has 1 amide bonds. The summed E-state index contributed by atoms with van der Waals surface area (Å²) in [7, 11) is 0. The summed E-state index contributed by atoms with van der Waals surface area (Å²) in [6.45, 7) is 6.00. The molecule has 0 radical (unpaired) electrons. The van der Waals surface area contributed by atoms with Gasteiger partial charge < -0.3 is 0 Å². The van der Waals surface area contributed by atoms with Gasteiger partial charge >= 0.3 is 0 Å². The maximum absolute atomic E-state index is 13.7. The van der Waals surface area contributed by atoms with E-state index in [1.165, 1.54) is 58.4 Å². The van der Waals surface area contributed by atoms with Crippen LogP contribution in [-0.2, 0) is 4.79 Å². The number of thiophene rings is 1. The maximum Gasteiger partial charge on any atom is 0.263 e. The molecule has 35 heavy (non-hydrogen) atoms. The molecule has 1 aliphatic rings. The van der Waals surface area contributed by atoms with Crippen molar-refractivity contribution in [2.45, 2.75) is 71.3 Å². The van der Waals surface area contributed by atoms with Crippen LogP contribution in [0.3, 0.4) is 0 Å². The third kappa shape index (κ3) is 4.67. The van der Waals surface area contributed by atoms with E-state index in [0.717, 1.165) is 34.5 Å². The number of anilines is 1.